The third-order valence-corrected chi connectivity index (χ3v) is 2.03. The summed E-state index contributed by atoms with van der Waals surface area (Å²) in [6.45, 7) is 1.29. The molecule has 0 spiro atoms. The molecule has 0 aliphatic heterocycles. The fourth-order valence-electron chi connectivity index (χ4n) is 0.648. The number of hydrogen-bond donors (Lipinski definition) is 4. The van der Waals surface area contributed by atoms with E-state index in [4.69, 9.17) is 20.4 Å². The van der Waals surface area contributed by atoms with Gasteiger partial charge in [-0.05, 0) is 6.92 Å². The molecule has 0 fully saturated rings. The molecule has 14 heavy (non-hydrogen) atoms. The average molecular weight is 383 g/mol. The predicted molar refractivity (Wildman–Crippen MR) is 48.2 cm³/mol. The Morgan fingerprint density at radius 3 is 1.36 bits per heavy atom. The minimum Gasteiger partial charge on any atom is -0.812 e. The maximum absolute atomic E-state index is 9.13. The second kappa shape index (κ2) is 12.2. The third kappa shape index (κ3) is 9.13. The first-order chi connectivity index (χ1) is 5.37. The Balaban J connectivity index is -0.000000605. The van der Waals surface area contributed by atoms with Crippen LogP contribution >= 0.6 is 0 Å². The molecule has 0 amide bonds. The van der Waals surface area contributed by atoms with E-state index in [0.717, 1.165) is 0 Å². The summed E-state index contributed by atoms with van der Waals surface area (Å²) in [7, 11) is 0. The molecule has 4 nitrogen and oxygen atoms in total. The monoisotopic (exact) mass is 382 g/mol. The number of aliphatic hydroxyl groups excluding tert-OH is 4. The van der Waals surface area contributed by atoms with E-state index in [1.807, 2.05) is 0 Å². The molecule has 0 bridgehead atoms. The van der Waals surface area contributed by atoms with Crippen LogP contribution in [0.15, 0.2) is 0 Å². The molecule has 0 aromatic rings. The van der Waals surface area contributed by atoms with Gasteiger partial charge in [0, 0.05) is 6.10 Å². The van der Waals surface area contributed by atoms with Gasteiger partial charge < -0.3 is 45.7 Å². The van der Waals surface area contributed by atoms with E-state index in [1.165, 1.54) is 6.92 Å². The van der Waals surface area contributed by atoms with Gasteiger partial charge in [0.05, 0.1) is 6.10 Å². The maximum atomic E-state index is 9.13. The smallest absolute Gasteiger partial charge is 0.812 e. The fraction of sp³-hybridized carbons (Fsp3) is 1.00. The first kappa shape index (κ1) is 23.3. The number of rotatable bonds is 4. The van der Waals surface area contributed by atoms with Gasteiger partial charge in [0.25, 0.3) is 0 Å². The summed E-state index contributed by atoms with van der Waals surface area (Å²) in [6, 6.07) is 0. The molecule has 4 atom stereocenters. The van der Waals surface area contributed by atoms with Gasteiger partial charge >= 0.3 is 116 Å². The molecule has 0 unspecified atom stereocenters. The molecule has 0 saturated heterocycles. The second-order valence-electron chi connectivity index (χ2n) is 2.58. The van der Waals surface area contributed by atoms with Gasteiger partial charge in [-0.15, -0.1) is 0 Å². The molecule has 0 aliphatic rings. The summed E-state index contributed by atoms with van der Waals surface area (Å²) < 4.78 is -0.978. The summed E-state index contributed by atoms with van der Waals surface area (Å²) in [5.41, 5.74) is 0. The first-order valence-corrected chi connectivity index (χ1v) is 4.36. The molecule has 74 valence electrons. The molecular formula is C6H12O4Rb2S2. The van der Waals surface area contributed by atoms with Gasteiger partial charge in [0.15, 0.2) is 0 Å². The molecule has 8 heteroatoms. The van der Waals surface area contributed by atoms with E-state index in [1.54, 1.807) is 0 Å². The molecule has 0 aromatic heterocycles. The van der Waals surface area contributed by atoms with E-state index in [-0.39, 0.29) is 116 Å². The summed E-state index contributed by atoms with van der Waals surface area (Å²) in [4.78, 5) is 0. The van der Waals surface area contributed by atoms with Crippen molar-refractivity contribution in [3.05, 3.63) is 0 Å². The topological polar surface area (TPSA) is 80.9 Å². The molecule has 0 radical (unpaired) electrons. The molecule has 0 saturated carbocycles. The first-order valence-electron chi connectivity index (χ1n) is 3.41. The average Bonchev–Trinajstić information content (AvgIpc) is 2.00. The van der Waals surface area contributed by atoms with Crippen LogP contribution in [-0.4, -0.2) is 49.4 Å². The van der Waals surface area contributed by atoms with Crippen molar-refractivity contribution >= 4 is 25.3 Å². The van der Waals surface area contributed by atoms with E-state index >= 15 is 0 Å². The molecule has 0 heterocycles. The number of hydrogen-bond acceptors (Lipinski definition) is 6. The minimum absolute atomic E-state index is 0. The van der Waals surface area contributed by atoms with Crippen molar-refractivity contribution in [3.8, 4) is 0 Å². The van der Waals surface area contributed by atoms with Crippen LogP contribution in [0.25, 0.3) is 0 Å². The Morgan fingerprint density at radius 1 is 0.786 bits per heavy atom. The van der Waals surface area contributed by atoms with Crippen LogP contribution in [0.5, 0.6) is 0 Å². The summed E-state index contributed by atoms with van der Waals surface area (Å²) >= 11 is 8.99. The van der Waals surface area contributed by atoms with Gasteiger partial charge in [-0.3, -0.25) is 4.58 Å². The maximum Gasteiger partial charge on any atom is 1.00 e. The molecule has 0 rings (SSSR count). The van der Waals surface area contributed by atoms with Crippen molar-refractivity contribution in [2.75, 3.05) is 0 Å². The van der Waals surface area contributed by atoms with Crippen LogP contribution in [0.4, 0.5) is 0 Å². The van der Waals surface area contributed by atoms with Gasteiger partial charge in [-0.2, -0.15) is 0 Å². The molecule has 0 aromatic carbocycles. The SMILES string of the molecule is C[C@H](O)[C@H](O)[C@@H](O)[C@@H](O)C([S-])[S-].[Rb+].[Rb+]. The zero-order valence-corrected chi connectivity index (χ0v) is 20.0. The van der Waals surface area contributed by atoms with Gasteiger partial charge in [-0.1, -0.05) is 0 Å². The van der Waals surface area contributed by atoms with Gasteiger partial charge in [0.1, 0.15) is 12.2 Å². The summed E-state index contributed by atoms with van der Waals surface area (Å²) in [6.07, 6.45) is -5.42. The quantitative estimate of drug-likeness (QED) is 0.361. The van der Waals surface area contributed by atoms with Crippen LogP contribution in [-0.2, 0) is 25.3 Å². The zero-order valence-electron chi connectivity index (χ0n) is 8.49. The Morgan fingerprint density at radius 2 is 1.14 bits per heavy atom. The van der Waals surface area contributed by atoms with E-state index in [9.17, 15) is 0 Å². The van der Waals surface area contributed by atoms with Crippen LogP contribution in [0, 0.1) is 0 Å². The Labute approximate surface area is 193 Å². The van der Waals surface area contributed by atoms with E-state index in [2.05, 4.69) is 25.3 Å². The van der Waals surface area contributed by atoms with Gasteiger partial charge in [-0.25, -0.2) is 0 Å². The summed E-state index contributed by atoms with van der Waals surface area (Å²) in [5, 5.41) is 36.1. The van der Waals surface area contributed by atoms with Crippen molar-refractivity contribution in [1.82, 2.24) is 0 Å². The Kier molecular flexibility index (Phi) is 20.3. The zero-order chi connectivity index (χ0) is 9.89. The van der Waals surface area contributed by atoms with Crippen molar-refractivity contribution in [2.45, 2.75) is 35.9 Å². The molecular weight excluding hydrogens is 371 g/mol. The minimum atomic E-state index is -1.50. The van der Waals surface area contributed by atoms with Crippen molar-refractivity contribution in [1.29, 1.82) is 0 Å². The standard InChI is InChI=1S/C6H14O4S2.2Rb/c1-2(7)3(8)4(9)5(10)6(11)12;;/h2-12H,1H3;;/q;2*+1/p-2/t2-,3-,4+,5+;;/m0../s1. The van der Waals surface area contributed by atoms with Crippen LogP contribution in [0.1, 0.15) is 6.92 Å². The van der Waals surface area contributed by atoms with Gasteiger partial charge in [0.2, 0.25) is 0 Å². The van der Waals surface area contributed by atoms with Crippen LogP contribution in [0.2, 0.25) is 0 Å². The van der Waals surface area contributed by atoms with E-state index < -0.39 is 29.0 Å². The van der Waals surface area contributed by atoms with Crippen molar-refractivity contribution < 1.29 is 137 Å². The summed E-state index contributed by atoms with van der Waals surface area (Å²) in [5.74, 6) is 0. The third-order valence-electron chi connectivity index (χ3n) is 1.47. The van der Waals surface area contributed by atoms with Crippen molar-refractivity contribution in [3.63, 3.8) is 0 Å². The second-order valence-corrected chi connectivity index (χ2v) is 3.89. The Hall–Kier alpha value is 4.15. The molecule has 0 aliphatic carbocycles. The van der Waals surface area contributed by atoms with Crippen LogP contribution < -0.4 is 116 Å². The fourth-order valence-corrected chi connectivity index (χ4v) is 0.970. The predicted octanol–water partition coefficient (Wildman–Crippen LogP) is -8.12. The normalized spacial score (nSPS) is 18.9. The number of aliphatic hydroxyl groups is 4. The van der Waals surface area contributed by atoms with Crippen molar-refractivity contribution in [2.24, 2.45) is 0 Å². The Bertz CT molecular complexity index is 125. The van der Waals surface area contributed by atoms with E-state index in [0.29, 0.717) is 0 Å². The van der Waals surface area contributed by atoms with Crippen LogP contribution in [0.3, 0.4) is 0 Å². The largest absolute Gasteiger partial charge is 1.00 e. The molecule has 4 N–H and O–H groups in total.